The molecule has 0 saturated carbocycles. The van der Waals surface area contributed by atoms with Crippen molar-refractivity contribution in [2.45, 2.75) is 20.5 Å². The fourth-order valence-corrected chi connectivity index (χ4v) is 3.07. The predicted molar refractivity (Wildman–Crippen MR) is 97.6 cm³/mol. The van der Waals surface area contributed by atoms with E-state index in [9.17, 15) is 13.6 Å². The van der Waals surface area contributed by atoms with Gasteiger partial charge in [0.15, 0.2) is 22.6 Å². The molecule has 9 nitrogen and oxygen atoms in total. The fourth-order valence-electron chi connectivity index (χ4n) is 3.07. The first-order valence-electron chi connectivity index (χ1n) is 8.89. The highest BCUT2D eigenvalue weighted by Gasteiger charge is 2.25. The fraction of sp³-hybridized carbons (Fsp3) is 0.389. The van der Waals surface area contributed by atoms with Gasteiger partial charge in [0.2, 0.25) is 0 Å². The number of oxazole rings is 1. The molecule has 0 aliphatic carbocycles. The first-order valence-corrected chi connectivity index (χ1v) is 8.89. The molecule has 1 amide bonds. The van der Waals surface area contributed by atoms with Crippen molar-refractivity contribution in [1.29, 1.82) is 0 Å². The third-order valence-corrected chi connectivity index (χ3v) is 4.51. The van der Waals surface area contributed by atoms with E-state index in [-0.39, 0.29) is 28.4 Å². The van der Waals surface area contributed by atoms with Crippen LogP contribution >= 0.6 is 0 Å². The lowest BCUT2D eigenvalue weighted by molar-refractivity contribution is -0.0489. The maximum Gasteiger partial charge on any atom is 0.387 e. The third-order valence-electron chi connectivity index (χ3n) is 4.51. The summed E-state index contributed by atoms with van der Waals surface area (Å²) in [6.07, 6.45) is 0. The van der Waals surface area contributed by atoms with Gasteiger partial charge in [-0.3, -0.25) is 4.79 Å². The second-order valence-corrected chi connectivity index (χ2v) is 6.42. The Bertz CT molecular complexity index is 1020. The zero-order valence-corrected chi connectivity index (χ0v) is 15.7. The van der Waals surface area contributed by atoms with Gasteiger partial charge in [-0.15, -0.1) is 0 Å². The van der Waals surface area contributed by atoms with Crippen LogP contribution in [0.15, 0.2) is 21.1 Å². The highest BCUT2D eigenvalue weighted by atomic mass is 19.3. The standard InChI is InChI=1S/C18H18F2N4O5/c1-9-13(10(2)29-23-9)21-16(25)11-3-4-12(27-17(19)20)14-15(11)28-18(22-14)24-5-7-26-8-6-24/h3-4,17H,5-8H2,1-2H3,(H,21,25). The molecule has 0 unspecified atom stereocenters. The maximum atomic E-state index is 12.9. The van der Waals surface area contributed by atoms with E-state index in [4.69, 9.17) is 13.7 Å². The summed E-state index contributed by atoms with van der Waals surface area (Å²) in [5, 5.41) is 6.50. The largest absolute Gasteiger partial charge is 0.432 e. The molecule has 0 atom stereocenters. The molecule has 2 aromatic heterocycles. The average molecular weight is 408 g/mol. The van der Waals surface area contributed by atoms with Crippen molar-refractivity contribution in [3.8, 4) is 5.75 Å². The van der Waals surface area contributed by atoms with E-state index in [2.05, 4.69) is 20.2 Å². The molecule has 1 aliphatic rings. The van der Waals surface area contributed by atoms with Gasteiger partial charge in [0.05, 0.1) is 18.8 Å². The summed E-state index contributed by atoms with van der Waals surface area (Å²) >= 11 is 0. The number of nitrogens with zero attached hydrogens (tertiary/aromatic N) is 3. The van der Waals surface area contributed by atoms with Gasteiger partial charge in [-0.05, 0) is 26.0 Å². The van der Waals surface area contributed by atoms with Crippen LogP contribution in [-0.4, -0.2) is 49.0 Å². The van der Waals surface area contributed by atoms with Crippen LogP contribution in [0.25, 0.3) is 11.1 Å². The number of halogens is 2. The van der Waals surface area contributed by atoms with Crippen LogP contribution in [0.3, 0.4) is 0 Å². The smallest absolute Gasteiger partial charge is 0.387 e. The van der Waals surface area contributed by atoms with E-state index in [1.54, 1.807) is 13.8 Å². The minimum absolute atomic E-state index is 0.0400. The first-order chi connectivity index (χ1) is 13.9. The molecule has 1 fully saturated rings. The molecule has 3 heterocycles. The van der Waals surface area contributed by atoms with Crippen molar-refractivity contribution in [2.75, 3.05) is 36.5 Å². The summed E-state index contributed by atoms with van der Waals surface area (Å²) in [5.41, 5.74) is 1.15. The minimum atomic E-state index is -3.04. The zero-order chi connectivity index (χ0) is 20.5. The molecule has 1 aromatic carbocycles. The number of carbonyl (C=O) groups excluding carboxylic acids is 1. The topological polar surface area (TPSA) is 103 Å². The molecule has 154 valence electrons. The van der Waals surface area contributed by atoms with Crippen LogP contribution in [0.2, 0.25) is 0 Å². The second-order valence-electron chi connectivity index (χ2n) is 6.42. The van der Waals surface area contributed by atoms with Crippen molar-refractivity contribution in [3.05, 3.63) is 29.2 Å². The van der Waals surface area contributed by atoms with Crippen molar-refractivity contribution in [2.24, 2.45) is 0 Å². The lowest BCUT2D eigenvalue weighted by Gasteiger charge is -2.24. The Labute approximate surface area is 163 Å². The number of aryl methyl sites for hydroxylation is 2. The Hall–Kier alpha value is -3.21. The maximum absolute atomic E-state index is 12.9. The summed E-state index contributed by atoms with van der Waals surface area (Å²) in [6, 6.07) is 2.82. The number of nitrogens with one attached hydrogen (secondary N) is 1. The van der Waals surface area contributed by atoms with Gasteiger partial charge >= 0.3 is 6.61 Å². The molecule has 1 saturated heterocycles. The number of anilines is 2. The number of rotatable bonds is 5. The normalized spacial score (nSPS) is 14.6. The molecule has 4 rings (SSSR count). The summed E-state index contributed by atoms with van der Waals surface area (Å²) in [5.74, 6) is -0.249. The van der Waals surface area contributed by atoms with Crippen LogP contribution in [-0.2, 0) is 4.74 Å². The van der Waals surface area contributed by atoms with E-state index in [1.807, 2.05) is 4.90 Å². The molecule has 0 radical (unpaired) electrons. The zero-order valence-electron chi connectivity index (χ0n) is 15.7. The molecule has 0 bridgehead atoms. The number of fused-ring (bicyclic) bond motifs is 1. The predicted octanol–water partition coefficient (Wildman–Crippen LogP) is 3.12. The quantitative estimate of drug-likeness (QED) is 0.687. The van der Waals surface area contributed by atoms with E-state index in [0.717, 1.165) is 0 Å². The van der Waals surface area contributed by atoms with Gasteiger partial charge in [0.1, 0.15) is 11.4 Å². The lowest BCUT2D eigenvalue weighted by atomic mass is 10.1. The number of alkyl halides is 2. The van der Waals surface area contributed by atoms with Gasteiger partial charge in [0, 0.05) is 13.1 Å². The Morgan fingerprint density at radius 1 is 1.28 bits per heavy atom. The molecule has 1 aliphatic heterocycles. The Morgan fingerprint density at radius 3 is 2.69 bits per heavy atom. The lowest BCUT2D eigenvalue weighted by Crippen LogP contribution is -2.36. The molecular weight excluding hydrogens is 390 g/mol. The Morgan fingerprint density at radius 2 is 2.03 bits per heavy atom. The molecular formula is C18H18F2N4O5. The monoisotopic (exact) mass is 408 g/mol. The van der Waals surface area contributed by atoms with Crippen LogP contribution in [0.1, 0.15) is 21.8 Å². The van der Waals surface area contributed by atoms with Crippen molar-refractivity contribution in [3.63, 3.8) is 0 Å². The highest BCUT2D eigenvalue weighted by molar-refractivity contribution is 6.12. The number of carbonyl (C=O) groups is 1. The van der Waals surface area contributed by atoms with E-state index in [1.165, 1.54) is 12.1 Å². The number of amides is 1. The van der Waals surface area contributed by atoms with Crippen LogP contribution < -0.4 is 15.0 Å². The van der Waals surface area contributed by atoms with E-state index in [0.29, 0.717) is 43.4 Å². The average Bonchev–Trinajstić information content (AvgIpc) is 3.28. The van der Waals surface area contributed by atoms with Gasteiger partial charge in [0.25, 0.3) is 11.9 Å². The summed E-state index contributed by atoms with van der Waals surface area (Å²) in [6.45, 7) is 2.33. The summed E-state index contributed by atoms with van der Waals surface area (Å²) in [4.78, 5) is 19.0. The number of hydrogen-bond acceptors (Lipinski definition) is 8. The number of benzene rings is 1. The third kappa shape index (κ3) is 3.73. The molecule has 0 spiro atoms. The number of hydrogen-bond donors (Lipinski definition) is 1. The molecule has 3 aromatic rings. The highest BCUT2D eigenvalue weighted by Crippen LogP contribution is 2.34. The Kier molecular flexibility index (Phi) is 5.05. The van der Waals surface area contributed by atoms with Crippen LogP contribution in [0, 0.1) is 13.8 Å². The van der Waals surface area contributed by atoms with Gasteiger partial charge in [-0.1, -0.05) is 5.16 Å². The van der Waals surface area contributed by atoms with Gasteiger partial charge in [-0.25, -0.2) is 0 Å². The number of ether oxygens (including phenoxy) is 2. The van der Waals surface area contributed by atoms with Crippen molar-refractivity contribution < 1.29 is 32.0 Å². The van der Waals surface area contributed by atoms with Crippen LogP contribution in [0.4, 0.5) is 20.5 Å². The molecule has 11 heteroatoms. The van der Waals surface area contributed by atoms with Crippen LogP contribution in [0.5, 0.6) is 5.75 Å². The van der Waals surface area contributed by atoms with Crippen molar-refractivity contribution >= 4 is 28.7 Å². The SMILES string of the molecule is Cc1noc(C)c1NC(=O)c1ccc(OC(F)F)c2nc(N3CCOCC3)oc12. The van der Waals surface area contributed by atoms with E-state index >= 15 is 0 Å². The second kappa shape index (κ2) is 7.66. The number of morpholine rings is 1. The summed E-state index contributed by atoms with van der Waals surface area (Å²) in [7, 11) is 0. The Balaban J connectivity index is 1.75. The minimum Gasteiger partial charge on any atom is -0.432 e. The van der Waals surface area contributed by atoms with Gasteiger partial charge < -0.3 is 28.6 Å². The van der Waals surface area contributed by atoms with Gasteiger partial charge in [-0.2, -0.15) is 13.8 Å². The molecule has 1 N–H and O–H groups in total. The summed E-state index contributed by atoms with van der Waals surface area (Å²) < 4.78 is 46.3. The van der Waals surface area contributed by atoms with E-state index < -0.39 is 12.5 Å². The number of aromatic nitrogens is 2. The van der Waals surface area contributed by atoms with Crippen molar-refractivity contribution in [1.82, 2.24) is 10.1 Å². The molecule has 29 heavy (non-hydrogen) atoms. The first kappa shape index (κ1) is 19.1.